The van der Waals surface area contributed by atoms with Crippen LogP contribution in [0, 0.1) is 11.7 Å². The third-order valence-corrected chi connectivity index (χ3v) is 2.87. The Kier molecular flexibility index (Phi) is 5.76. The van der Waals surface area contributed by atoms with Crippen LogP contribution >= 0.6 is 0 Å². The SMILES string of the molecule is CCCOc1cc(F)ccc1NC(=O)C(C)C(C)N. The van der Waals surface area contributed by atoms with Crippen molar-refractivity contribution in [2.75, 3.05) is 11.9 Å². The fraction of sp³-hybridized carbons (Fsp3) is 0.500. The van der Waals surface area contributed by atoms with Gasteiger partial charge in [-0.15, -0.1) is 0 Å². The molecule has 0 aliphatic rings. The Labute approximate surface area is 113 Å². The predicted molar refractivity (Wildman–Crippen MR) is 73.6 cm³/mol. The zero-order valence-electron chi connectivity index (χ0n) is 11.6. The van der Waals surface area contributed by atoms with E-state index in [9.17, 15) is 9.18 Å². The number of benzene rings is 1. The molecule has 0 spiro atoms. The third-order valence-electron chi connectivity index (χ3n) is 2.87. The summed E-state index contributed by atoms with van der Waals surface area (Å²) in [5.41, 5.74) is 6.15. The molecule has 106 valence electrons. The first kappa shape index (κ1) is 15.4. The molecule has 3 N–H and O–H groups in total. The van der Waals surface area contributed by atoms with Crippen LogP contribution in [0.4, 0.5) is 10.1 Å². The normalized spacial score (nSPS) is 13.7. The topological polar surface area (TPSA) is 64.3 Å². The van der Waals surface area contributed by atoms with Gasteiger partial charge in [0.1, 0.15) is 11.6 Å². The molecule has 0 saturated carbocycles. The van der Waals surface area contributed by atoms with Crippen molar-refractivity contribution in [2.24, 2.45) is 11.7 Å². The van der Waals surface area contributed by atoms with Crippen LogP contribution in [0.2, 0.25) is 0 Å². The number of rotatable bonds is 6. The summed E-state index contributed by atoms with van der Waals surface area (Å²) in [6.45, 7) is 5.93. The van der Waals surface area contributed by atoms with Crippen LogP contribution in [-0.2, 0) is 4.79 Å². The lowest BCUT2D eigenvalue weighted by atomic mass is 10.0. The average molecular weight is 268 g/mol. The lowest BCUT2D eigenvalue weighted by Crippen LogP contribution is -2.34. The minimum absolute atomic E-state index is 0.206. The molecule has 0 aliphatic heterocycles. The second kappa shape index (κ2) is 7.09. The maximum Gasteiger partial charge on any atom is 0.228 e. The minimum atomic E-state index is -0.399. The Morgan fingerprint density at radius 3 is 2.74 bits per heavy atom. The van der Waals surface area contributed by atoms with Crippen molar-refractivity contribution < 1.29 is 13.9 Å². The fourth-order valence-corrected chi connectivity index (χ4v) is 1.42. The van der Waals surface area contributed by atoms with E-state index in [1.165, 1.54) is 18.2 Å². The number of nitrogens with one attached hydrogen (secondary N) is 1. The van der Waals surface area contributed by atoms with E-state index in [-0.39, 0.29) is 17.9 Å². The van der Waals surface area contributed by atoms with Gasteiger partial charge in [0.25, 0.3) is 0 Å². The highest BCUT2D eigenvalue weighted by molar-refractivity contribution is 5.94. The summed E-state index contributed by atoms with van der Waals surface area (Å²) in [4.78, 5) is 11.9. The van der Waals surface area contributed by atoms with E-state index < -0.39 is 5.82 Å². The number of nitrogens with two attached hydrogens (primary N) is 1. The van der Waals surface area contributed by atoms with E-state index in [4.69, 9.17) is 10.5 Å². The van der Waals surface area contributed by atoms with Crippen molar-refractivity contribution in [3.63, 3.8) is 0 Å². The Balaban J connectivity index is 2.84. The average Bonchev–Trinajstić information content (AvgIpc) is 2.37. The highest BCUT2D eigenvalue weighted by Gasteiger charge is 2.18. The highest BCUT2D eigenvalue weighted by atomic mass is 19.1. The van der Waals surface area contributed by atoms with E-state index >= 15 is 0 Å². The van der Waals surface area contributed by atoms with E-state index in [1.54, 1.807) is 13.8 Å². The fourth-order valence-electron chi connectivity index (χ4n) is 1.42. The first-order valence-electron chi connectivity index (χ1n) is 6.44. The van der Waals surface area contributed by atoms with Gasteiger partial charge in [0.2, 0.25) is 5.91 Å². The van der Waals surface area contributed by atoms with Crippen molar-refractivity contribution in [1.82, 2.24) is 0 Å². The number of halogens is 1. The van der Waals surface area contributed by atoms with Crippen LogP contribution in [-0.4, -0.2) is 18.6 Å². The molecule has 1 aromatic rings. The van der Waals surface area contributed by atoms with Gasteiger partial charge in [0, 0.05) is 12.1 Å². The molecule has 0 fully saturated rings. The summed E-state index contributed by atoms with van der Waals surface area (Å²) in [5, 5.41) is 2.72. The number of anilines is 1. The van der Waals surface area contributed by atoms with E-state index in [1.807, 2.05) is 6.92 Å². The predicted octanol–water partition coefficient (Wildman–Crippen LogP) is 2.54. The molecule has 0 aliphatic carbocycles. The Morgan fingerprint density at radius 1 is 1.47 bits per heavy atom. The van der Waals surface area contributed by atoms with Crippen molar-refractivity contribution in [3.8, 4) is 5.75 Å². The molecule has 0 aromatic heterocycles. The molecule has 1 aromatic carbocycles. The molecular weight excluding hydrogens is 247 g/mol. The molecule has 5 heteroatoms. The summed E-state index contributed by atoms with van der Waals surface area (Å²) in [7, 11) is 0. The molecule has 0 saturated heterocycles. The standard InChI is InChI=1S/C14H21FN2O2/c1-4-7-19-13-8-11(15)5-6-12(13)17-14(18)9(2)10(3)16/h5-6,8-10H,4,7,16H2,1-3H3,(H,17,18). The molecule has 1 rings (SSSR count). The lowest BCUT2D eigenvalue weighted by molar-refractivity contribution is -0.119. The smallest absolute Gasteiger partial charge is 0.228 e. The molecule has 19 heavy (non-hydrogen) atoms. The molecule has 0 bridgehead atoms. The molecule has 2 atom stereocenters. The molecule has 2 unspecified atom stereocenters. The number of hydrogen-bond acceptors (Lipinski definition) is 3. The molecule has 1 amide bonds. The zero-order valence-corrected chi connectivity index (χ0v) is 11.6. The highest BCUT2D eigenvalue weighted by Crippen LogP contribution is 2.26. The molecular formula is C14H21FN2O2. The van der Waals surface area contributed by atoms with E-state index in [0.717, 1.165) is 6.42 Å². The number of carbonyl (C=O) groups excluding carboxylic acids is 1. The van der Waals surface area contributed by atoms with E-state index in [0.29, 0.717) is 18.0 Å². The van der Waals surface area contributed by atoms with Gasteiger partial charge in [-0.1, -0.05) is 13.8 Å². The second-order valence-corrected chi connectivity index (χ2v) is 4.63. The van der Waals surface area contributed by atoms with Crippen LogP contribution in [0.1, 0.15) is 27.2 Å². The molecule has 0 heterocycles. The van der Waals surface area contributed by atoms with Gasteiger partial charge in [0.05, 0.1) is 18.2 Å². The van der Waals surface area contributed by atoms with Crippen molar-refractivity contribution in [1.29, 1.82) is 0 Å². The molecule has 0 radical (unpaired) electrons. The van der Waals surface area contributed by atoms with E-state index in [2.05, 4.69) is 5.32 Å². The quantitative estimate of drug-likeness (QED) is 0.833. The van der Waals surface area contributed by atoms with Gasteiger partial charge < -0.3 is 15.8 Å². The van der Waals surface area contributed by atoms with Gasteiger partial charge in [0.15, 0.2) is 0 Å². The Hall–Kier alpha value is -1.62. The van der Waals surface area contributed by atoms with Crippen molar-refractivity contribution in [2.45, 2.75) is 33.2 Å². The summed E-state index contributed by atoms with van der Waals surface area (Å²) in [6, 6.07) is 3.79. The maximum atomic E-state index is 13.2. The summed E-state index contributed by atoms with van der Waals surface area (Å²) in [6.07, 6.45) is 0.806. The van der Waals surface area contributed by atoms with Gasteiger partial charge in [-0.3, -0.25) is 4.79 Å². The number of carbonyl (C=O) groups is 1. The monoisotopic (exact) mass is 268 g/mol. The van der Waals surface area contributed by atoms with Crippen LogP contribution < -0.4 is 15.8 Å². The second-order valence-electron chi connectivity index (χ2n) is 4.63. The zero-order chi connectivity index (χ0) is 14.4. The lowest BCUT2D eigenvalue weighted by Gasteiger charge is -2.17. The minimum Gasteiger partial charge on any atom is -0.491 e. The third kappa shape index (κ3) is 4.52. The van der Waals surface area contributed by atoms with Crippen LogP contribution in [0.15, 0.2) is 18.2 Å². The van der Waals surface area contributed by atoms with Gasteiger partial charge >= 0.3 is 0 Å². The summed E-state index contributed by atoms with van der Waals surface area (Å²) >= 11 is 0. The van der Waals surface area contributed by atoms with Gasteiger partial charge in [-0.2, -0.15) is 0 Å². The summed E-state index contributed by atoms with van der Waals surface area (Å²) < 4.78 is 18.6. The van der Waals surface area contributed by atoms with Gasteiger partial charge in [-0.25, -0.2) is 4.39 Å². The Morgan fingerprint density at radius 2 is 2.16 bits per heavy atom. The van der Waals surface area contributed by atoms with Gasteiger partial charge in [-0.05, 0) is 25.5 Å². The first-order valence-corrected chi connectivity index (χ1v) is 6.44. The van der Waals surface area contributed by atoms with Crippen molar-refractivity contribution >= 4 is 11.6 Å². The van der Waals surface area contributed by atoms with Crippen LogP contribution in [0.5, 0.6) is 5.75 Å². The van der Waals surface area contributed by atoms with Crippen molar-refractivity contribution in [3.05, 3.63) is 24.0 Å². The maximum absolute atomic E-state index is 13.2. The first-order chi connectivity index (χ1) is 8.95. The number of hydrogen-bond donors (Lipinski definition) is 2. The number of ether oxygens (including phenoxy) is 1. The largest absolute Gasteiger partial charge is 0.491 e. The molecule has 4 nitrogen and oxygen atoms in total. The number of amides is 1. The van der Waals surface area contributed by atoms with Crippen LogP contribution in [0.3, 0.4) is 0 Å². The summed E-state index contributed by atoms with van der Waals surface area (Å²) in [5.74, 6) is -0.594. The van der Waals surface area contributed by atoms with Crippen LogP contribution in [0.25, 0.3) is 0 Å². The Bertz CT molecular complexity index is 435.